The minimum Gasteiger partial charge on any atom is -0.355 e. The molecule has 0 aromatic carbocycles. The van der Waals surface area contributed by atoms with E-state index in [1.165, 1.54) is 0 Å². The zero-order chi connectivity index (χ0) is 13.1. The molecule has 6 nitrogen and oxygen atoms in total. The first-order valence-corrected chi connectivity index (χ1v) is 6.21. The average molecular weight is 331 g/mol. The first kappa shape index (κ1) is 17.4. The van der Waals surface area contributed by atoms with Crippen molar-refractivity contribution in [3.8, 4) is 11.3 Å². The fourth-order valence-corrected chi connectivity index (χ4v) is 2.06. The topological polar surface area (TPSA) is 80.0 Å². The molecule has 1 unspecified atom stereocenters. The molecule has 2 aromatic rings. The Hall–Kier alpha value is -1.63. The summed E-state index contributed by atoms with van der Waals surface area (Å²) in [5, 5.41) is 9.91. The third kappa shape index (κ3) is 4.17. The lowest BCUT2D eigenvalue weighted by atomic mass is 10.2. The van der Waals surface area contributed by atoms with Crippen LogP contribution in [0.5, 0.6) is 0 Å². The summed E-state index contributed by atoms with van der Waals surface area (Å²) in [6.07, 6.45) is 4.29. The molecular weight excluding hydrogens is 315 g/mol. The molecule has 8 heteroatoms. The maximum atomic E-state index is 12.0. The maximum absolute atomic E-state index is 12.0. The predicted octanol–water partition coefficient (Wildman–Crippen LogP) is 1.67. The molecule has 0 spiro atoms. The van der Waals surface area contributed by atoms with Gasteiger partial charge in [-0.1, -0.05) is 5.16 Å². The van der Waals surface area contributed by atoms with Gasteiger partial charge in [0.25, 0.3) is 5.91 Å². The number of nitrogens with zero attached hydrogens (tertiary/aromatic N) is 2. The molecule has 1 amide bonds. The van der Waals surface area contributed by atoms with Gasteiger partial charge in [0.2, 0.25) is 0 Å². The lowest BCUT2D eigenvalue weighted by molar-refractivity contribution is 0.0931. The van der Waals surface area contributed by atoms with Crippen LogP contribution >= 0.6 is 24.8 Å². The van der Waals surface area contributed by atoms with Crippen molar-refractivity contribution in [1.29, 1.82) is 0 Å². The van der Waals surface area contributed by atoms with E-state index in [1.807, 2.05) is 12.1 Å². The standard InChI is InChI=1S/C13H14N4O2.2ClH/c18-13(16-10-3-5-15-8-10)11-6-12(19-17-11)9-2-1-4-14-7-9;;/h1-2,4,6-7,10,15H,3,5,8H2,(H,16,18);2*1H. The van der Waals surface area contributed by atoms with E-state index in [2.05, 4.69) is 20.8 Å². The van der Waals surface area contributed by atoms with E-state index in [9.17, 15) is 4.79 Å². The van der Waals surface area contributed by atoms with E-state index in [0.717, 1.165) is 25.1 Å². The number of halogens is 2. The zero-order valence-corrected chi connectivity index (χ0v) is 12.7. The molecule has 1 fully saturated rings. The Morgan fingerprint density at radius 3 is 2.95 bits per heavy atom. The minimum absolute atomic E-state index is 0. The molecule has 0 aliphatic carbocycles. The highest BCUT2D eigenvalue weighted by Crippen LogP contribution is 2.18. The maximum Gasteiger partial charge on any atom is 0.273 e. The molecule has 0 saturated carbocycles. The van der Waals surface area contributed by atoms with Gasteiger partial charge in [-0.2, -0.15) is 0 Å². The van der Waals surface area contributed by atoms with Crippen molar-refractivity contribution < 1.29 is 9.32 Å². The number of hydrogen-bond acceptors (Lipinski definition) is 5. The highest BCUT2D eigenvalue weighted by atomic mass is 35.5. The van der Waals surface area contributed by atoms with Gasteiger partial charge in [0.05, 0.1) is 0 Å². The predicted molar refractivity (Wildman–Crippen MR) is 83.0 cm³/mol. The van der Waals surface area contributed by atoms with Gasteiger partial charge >= 0.3 is 0 Å². The molecule has 2 N–H and O–H groups in total. The third-order valence-corrected chi connectivity index (χ3v) is 3.08. The van der Waals surface area contributed by atoms with E-state index in [0.29, 0.717) is 11.5 Å². The van der Waals surface area contributed by atoms with E-state index in [-0.39, 0.29) is 36.8 Å². The number of rotatable bonds is 3. The molecule has 1 aliphatic rings. The summed E-state index contributed by atoms with van der Waals surface area (Å²) in [7, 11) is 0. The molecule has 114 valence electrons. The van der Waals surface area contributed by atoms with E-state index < -0.39 is 0 Å². The Morgan fingerprint density at radius 1 is 1.43 bits per heavy atom. The third-order valence-electron chi connectivity index (χ3n) is 3.08. The average Bonchev–Trinajstić information content (AvgIpc) is 3.10. The Balaban J connectivity index is 0.00000110. The van der Waals surface area contributed by atoms with Crippen molar-refractivity contribution in [2.45, 2.75) is 12.5 Å². The van der Waals surface area contributed by atoms with Crippen molar-refractivity contribution in [1.82, 2.24) is 20.8 Å². The van der Waals surface area contributed by atoms with E-state index in [4.69, 9.17) is 4.52 Å². The summed E-state index contributed by atoms with van der Waals surface area (Å²) in [4.78, 5) is 16.0. The first-order chi connectivity index (χ1) is 9.33. The smallest absolute Gasteiger partial charge is 0.273 e. The minimum atomic E-state index is -0.201. The molecular formula is C13H16Cl2N4O2. The lowest BCUT2D eigenvalue weighted by Crippen LogP contribution is -2.36. The normalized spacial score (nSPS) is 16.7. The number of aromatic nitrogens is 2. The van der Waals surface area contributed by atoms with Crippen molar-refractivity contribution in [2.24, 2.45) is 0 Å². The molecule has 1 aliphatic heterocycles. The summed E-state index contributed by atoms with van der Waals surface area (Å²) in [6.45, 7) is 1.74. The number of pyridine rings is 1. The fourth-order valence-electron chi connectivity index (χ4n) is 2.06. The molecule has 2 aromatic heterocycles. The summed E-state index contributed by atoms with van der Waals surface area (Å²) in [6, 6.07) is 5.47. The van der Waals surface area contributed by atoms with E-state index >= 15 is 0 Å². The highest BCUT2D eigenvalue weighted by molar-refractivity contribution is 5.93. The van der Waals surface area contributed by atoms with Crippen LogP contribution in [-0.4, -0.2) is 35.2 Å². The molecule has 1 saturated heterocycles. The number of nitrogens with one attached hydrogen (secondary N) is 2. The van der Waals surface area contributed by atoms with Gasteiger partial charge in [-0.25, -0.2) is 0 Å². The largest absolute Gasteiger partial charge is 0.355 e. The van der Waals surface area contributed by atoms with Crippen LogP contribution in [0.4, 0.5) is 0 Å². The van der Waals surface area contributed by atoms with Crippen LogP contribution < -0.4 is 10.6 Å². The van der Waals surface area contributed by atoms with Gasteiger partial charge in [0, 0.05) is 36.6 Å². The summed E-state index contributed by atoms with van der Waals surface area (Å²) >= 11 is 0. The van der Waals surface area contributed by atoms with Gasteiger partial charge in [0.15, 0.2) is 11.5 Å². The summed E-state index contributed by atoms with van der Waals surface area (Å²) in [5.74, 6) is 0.343. The van der Waals surface area contributed by atoms with Crippen LogP contribution in [0.3, 0.4) is 0 Å². The second kappa shape index (κ2) is 7.97. The molecule has 21 heavy (non-hydrogen) atoms. The van der Waals surface area contributed by atoms with Crippen molar-refractivity contribution >= 4 is 30.7 Å². The molecule has 0 bridgehead atoms. The van der Waals surface area contributed by atoms with Gasteiger partial charge < -0.3 is 15.2 Å². The second-order valence-electron chi connectivity index (χ2n) is 4.48. The number of carbonyl (C=O) groups excluding carboxylic acids is 1. The number of amides is 1. The summed E-state index contributed by atoms with van der Waals surface area (Å²) < 4.78 is 5.17. The molecule has 3 heterocycles. The van der Waals surface area contributed by atoms with Crippen molar-refractivity contribution in [2.75, 3.05) is 13.1 Å². The zero-order valence-electron chi connectivity index (χ0n) is 11.1. The fraction of sp³-hybridized carbons (Fsp3) is 0.308. The monoisotopic (exact) mass is 330 g/mol. The van der Waals surface area contributed by atoms with Gasteiger partial charge in [-0.3, -0.25) is 9.78 Å². The van der Waals surface area contributed by atoms with Crippen LogP contribution in [-0.2, 0) is 0 Å². The molecule has 1 atom stereocenters. The summed E-state index contributed by atoms with van der Waals surface area (Å²) in [5.41, 5.74) is 1.10. The molecule has 0 radical (unpaired) electrons. The van der Waals surface area contributed by atoms with Gasteiger partial charge in [0.1, 0.15) is 0 Å². The quantitative estimate of drug-likeness (QED) is 0.894. The van der Waals surface area contributed by atoms with Crippen molar-refractivity contribution in [3.63, 3.8) is 0 Å². The number of carbonyl (C=O) groups is 1. The Morgan fingerprint density at radius 2 is 2.29 bits per heavy atom. The Kier molecular flexibility index (Phi) is 6.61. The van der Waals surface area contributed by atoms with Crippen LogP contribution in [0.2, 0.25) is 0 Å². The van der Waals surface area contributed by atoms with Gasteiger partial charge in [-0.05, 0) is 25.1 Å². The van der Waals surface area contributed by atoms with Crippen LogP contribution in [0, 0.1) is 0 Å². The van der Waals surface area contributed by atoms with Crippen molar-refractivity contribution in [3.05, 3.63) is 36.3 Å². The SMILES string of the molecule is Cl.Cl.O=C(NC1CCNC1)c1cc(-c2cccnc2)on1. The lowest BCUT2D eigenvalue weighted by Gasteiger charge is -2.08. The highest BCUT2D eigenvalue weighted by Gasteiger charge is 2.20. The van der Waals surface area contributed by atoms with Crippen LogP contribution in [0.1, 0.15) is 16.9 Å². The second-order valence-corrected chi connectivity index (χ2v) is 4.48. The van der Waals surface area contributed by atoms with Crippen LogP contribution in [0.25, 0.3) is 11.3 Å². The first-order valence-electron chi connectivity index (χ1n) is 6.21. The Labute approximate surface area is 134 Å². The van der Waals surface area contributed by atoms with Crippen LogP contribution in [0.15, 0.2) is 35.1 Å². The Bertz CT molecular complexity index is 571. The van der Waals surface area contributed by atoms with E-state index in [1.54, 1.807) is 18.5 Å². The molecule has 3 rings (SSSR count). The number of hydrogen-bond donors (Lipinski definition) is 2. The van der Waals surface area contributed by atoms with Gasteiger partial charge in [-0.15, -0.1) is 24.8 Å².